The minimum absolute atomic E-state index is 0.0249. The monoisotopic (exact) mass is 503 g/mol. The van der Waals surface area contributed by atoms with Crippen molar-refractivity contribution < 1.29 is 23.5 Å². The van der Waals surface area contributed by atoms with Crippen LogP contribution in [0, 0.1) is 11.2 Å². The summed E-state index contributed by atoms with van der Waals surface area (Å²) >= 11 is 0. The van der Waals surface area contributed by atoms with Gasteiger partial charge < -0.3 is 19.9 Å². The van der Waals surface area contributed by atoms with E-state index in [-0.39, 0.29) is 31.2 Å². The van der Waals surface area contributed by atoms with Gasteiger partial charge in [-0.1, -0.05) is 75.4 Å². The molecule has 3 aromatic rings. The molecule has 8 heteroatoms. The summed E-state index contributed by atoms with van der Waals surface area (Å²) < 4.78 is 20.3. The fraction of sp³-hybridized carbons (Fsp3) is 0.276. The number of fused-ring (bicyclic) bond motifs is 1. The Hall–Kier alpha value is -4.20. The third-order valence-electron chi connectivity index (χ3n) is 6.18. The molecule has 0 saturated carbocycles. The topological polar surface area (TPSA) is 79.0 Å². The number of carbonyl (C=O) groups is 3. The summed E-state index contributed by atoms with van der Waals surface area (Å²) in [6.45, 7) is 5.12. The van der Waals surface area contributed by atoms with E-state index in [0.717, 1.165) is 5.56 Å². The summed E-state index contributed by atoms with van der Waals surface area (Å²) in [4.78, 5) is 42.6. The Balaban J connectivity index is 1.69. The molecule has 1 aliphatic rings. The third-order valence-corrected chi connectivity index (χ3v) is 6.18. The van der Waals surface area contributed by atoms with Crippen LogP contribution in [0.2, 0.25) is 0 Å². The van der Waals surface area contributed by atoms with Crippen LogP contribution < -0.4 is 15.1 Å². The van der Waals surface area contributed by atoms with Gasteiger partial charge in [0, 0.05) is 5.41 Å². The highest BCUT2D eigenvalue weighted by atomic mass is 19.1. The smallest absolute Gasteiger partial charge is 0.408 e. The van der Waals surface area contributed by atoms with Crippen molar-refractivity contribution in [2.75, 3.05) is 22.9 Å². The largest absolute Gasteiger partial charge is 0.445 e. The summed E-state index contributed by atoms with van der Waals surface area (Å²) in [5, 5.41) is 2.65. The van der Waals surface area contributed by atoms with E-state index in [0.29, 0.717) is 11.4 Å². The van der Waals surface area contributed by atoms with E-state index in [4.69, 9.17) is 4.74 Å². The van der Waals surface area contributed by atoms with Crippen LogP contribution >= 0.6 is 0 Å². The lowest BCUT2D eigenvalue weighted by Gasteiger charge is -2.28. The van der Waals surface area contributed by atoms with E-state index in [1.807, 2.05) is 30.3 Å². The lowest BCUT2D eigenvalue weighted by atomic mass is 9.90. The van der Waals surface area contributed by atoms with Crippen LogP contribution in [0.1, 0.15) is 26.3 Å². The zero-order chi connectivity index (χ0) is 26.6. The van der Waals surface area contributed by atoms with E-state index >= 15 is 0 Å². The molecule has 4 rings (SSSR count). The summed E-state index contributed by atoms with van der Waals surface area (Å²) in [5.41, 5.74) is 1.35. The molecule has 1 N–H and O–H groups in total. The quantitative estimate of drug-likeness (QED) is 0.499. The average Bonchev–Trinajstić information content (AvgIpc) is 2.98. The lowest BCUT2D eigenvalue weighted by molar-refractivity contribution is -0.127. The first kappa shape index (κ1) is 25.9. The Morgan fingerprint density at radius 3 is 2.16 bits per heavy atom. The van der Waals surface area contributed by atoms with Crippen molar-refractivity contribution in [3.8, 4) is 0 Å². The number of nitrogens with one attached hydrogen (secondary N) is 1. The number of ketones is 1. The predicted molar refractivity (Wildman–Crippen MR) is 140 cm³/mol. The Labute approximate surface area is 215 Å². The Morgan fingerprint density at radius 2 is 1.51 bits per heavy atom. The van der Waals surface area contributed by atoms with E-state index in [9.17, 15) is 18.8 Å². The molecule has 0 fully saturated rings. The van der Waals surface area contributed by atoms with Gasteiger partial charge in [-0.05, 0) is 29.8 Å². The van der Waals surface area contributed by atoms with Crippen molar-refractivity contribution in [3.05, 3.63) is 90.2 Å². The number of rotatable bonds is 6. The van der Waals surface area contributed by atoms with Gasteiger partial charge in [-0.3, -0.25) is 9.59 Å². The fourth-order valence-corrected chi connectivity index (χ4v) is 4.04. The maximum atomic E-state index is 15.0. The molecule has 0 radical (unpaired) electrons. The number of anilines is 3. The SMILES string of the molecule is CC(C)(C)C(=O)CN1C(=O)C(NC(=O)OCc2ccccc2)CN(c2ccccc2F)c2ccccc21. The molecular formula is C29H30FN3O4. The van der Waals surface area contributed by atoms with Crippen LogP contribution in [-0.2, 0) is 20.9 Å². The predicted octanol–water partition coefficient (Wildman–Crippen LogP) is 5.22. The van der Waals surface area contributed by atoms with Crippen molar-refractivity contribution in [1.82, 2.24) is 5.32 Å². The molecule has 37 heavy (non-hydrogen) atoms. The Morgan fingerprint density at radius 1 is 0.919 bits per heavy atom. The normalized spacial score (nSPS) is 15.6. The number of hydrogen-bond acceptors (Lipinski definition) is 5. The number of nitrogens with zero attached hydrogens (tertiary/aromatic N) is 2. The molecular weight excluding hydrogens is 473 g/mol. The Kier molecular flexibility index (Phi) is 7.57. The van der Waals surface area contributed by atoms with E-state index in [2.05, 4.69) is 5.32 Å². The minimum Gasteiger partial charge on any atom is -0.445 e. The summed E-state index contributed by atoms with van der Waals surface area (Å²) in [6.07, 6.45) is -0.788. The van der Waals surface area contributed by atoms with Crippen LogP contribution in [0.3, 0.4) is 0 Å². The molecule has 0 saturated heterocycles. The van der Waals surface area contributed by atoms with Gasteiger partial charge in [0.2, 0.25) is 0 Å². The molecule has 0 bridgehead atoms. The number of hydrogen-bond donors (Lipinski definition) is 1. The van der Waals surface area contributed by atoms with Gasteiger partial charge in [-0.15, -0.1) is 0 Å². The maximum absolute atomic E-state index is 15.0. The molecule has 0 aromatic heterocycles. The first-order chi connectivity index (χ1) is 17.6. The van der Waals surface area contributed by atoms with E-state index in [1.165, 1.54) is 11.0 Å². The van der Waals surface area contributed by atoms with Crippen molar-refractivity contribution in [3.63, 3.8) is 0 Å². The van der Waals surface area contributed by atoms with Crippen molar-refractivity contribution in [2.45, 2.75) is 33.4 Å². The lowest BCUT2D eigenvalue weighted by Crippen LogP contribution is -2.53. The highest BCUT2D eigenvalue weighted by Gasteiger charge is 2.38. The number of Topliss-reactive ketones (excluding diaryl/α,β-unsaturated/α-hetero) is 1. The second-order valence-electron chi connectivity index (χ2n) is 9.91. The molecule has 1 aliphatic heterocycles. The fourth-order valence-electron chi connectivity index (χ4n) is 4.04. The minimum atomic E-state index is -1.11. The summed E-state index contributed by atoms with van der Waals surface area (Å²) in [7, 11) is 0. The van der Waals surface area contributed by atoms with Crippen LogP contribution in [0.25, 0.3) is 0 Å². The molecule has 7 nitrogen and oxygen atoms in total. The van der Waals surface area contributed by atoms with Crippen LogP contribution in [0.15, 0.2) is 78.9 Å². The molecule has 192 valence electrons. The standard InChI is InChI=1S/C29H30FN3O4/c1-29(2,3)26(34)18-33-25-16-10-9-15-24(25)32(23-14-8-7-13-21(23)30)17-22(27(33)35)31-28(36)37-19-20-11-5-4-6-12-20/h4-16,22H,17-19H2,1-3H3,(H,31,36). The molecule has 3 aromatic carbocycles. The Bertz CT molecular complexity index is 1290. The average molecular weight is 504 g/mol. The zero-order valence-electron chi connectivity index (χ0n) is 21.1. The highest BCUT2D eigenvalue weighted by molar-refractivity contribution is 6.07. The van der Waals surface area contributed by atoms with Gasteiger partial charge in [0.1, 0.15) is 18.5 Å². The van der Waals surface area contributed by atoms with Gasteiger partial charge >= 0.3 is 6.09 Å². The van der Waals surface area contributed by atoms with Crippen molar-refractivity contribution in [1.29, 1.82) is 0 Å². The maximum Gasteiger partial charge on any atom is 0.408 e. The van der Waals surface area contributed by atoms with Crippen molar-refractivity contribution in [2.24, 2.45) is 5.41 Å². The first-order valence-electron chi connectivity index (χ1n) is 12.1. The van der Waals surface area contributed by atoms with Crippen LogP contribution in [0.5, 0.6) is 0 Å². The number of alkyl carbamates (subject to hydrolysis) is 1. The zero-order valence-corrected chi connectivity index (χ0v) is 21.1. The summed E-state index contributed by atoms with van der Waals surface area (Å²) in [5.74, 6) is -1.12. The number of amides is 2. The summed E-state index contributed by atoms with van der Waals surface area (Å²) in [6, 6.07) is 21.3. The van der Waals surface area contributed by atoms with E-state index in [1.54, 1.807) is 68.1 Å². The van der Waals surface area contributed by atoms with Crippen LogP contribution in [0.4, 0.5) is 26.2 Å². The number of halogens is 1. The van der Waals surface area contributed by atoms with Gasteiger partial charge in [0.05, 0.1) is 30.2 Å². The molecule has 2 amide bonds. The molecule has 1 heterocycles. The second-order valence-corrected chi connectivity index (χ2v) is 9.91. The van der Waals surface area contributed by atoms with Gasteiger partial charge in [-0.25, -0.2) is 9.18 Å². The van der Waals surface area contributed by atoms with Crippen LogP contribution in [-0.4, -0.2) is 36.9 Å². The first-order valence-corrected chi connectivity index (χ1v) is 12.1. The molecule has 1 atom stereocenters. The van der Waals surface area contributed by atoms with Gasteiger partial charge in [0.15, 0.2) is 5.78 Å². The number of para-hydroxylation sites is 3. The second kappa shape index (κ2) is 10.8. The highest BCUT2D eigenvalue weighted by Crippen LogP contribution is 2.38. The number of carbonyl (C=O) groups excluding carboxylic acids is 3. The molecule has 0 spiro atoms. The molecule has 0 aliphatic carbocycles. The molecule has 1 unspecified atom stereocenters. The van der Waals surface area contributed by atoms with Crippen molar-refractivity contribution >= 4 is 34.8 Å². The number of benzene rings is 3. The van der Waals surface area contributed by atoms with Gasteiger partial charge in [-0.2, -0.15) is 0 Å². The number of ether oxygens (including phenoxy) is 1. The third kappa shape index (κ3) is 5.97. The van der Waals surface area contributed by atoms with Gasteiger partial charge in [0.25, 0.3) is 5.91 Å². The van der Waals surface area contributed by atoms with E-state index < -0.39 is 29.3 Å².